The molecular formula is C25H25N3O5. The quantitative estimate of drug-likeness (QED) is 0.533. The van der Waals surface area contributed by atoms with Crippen molar-refractivity contribution in [3.63, 3.8) is 0 Å². The van der Waals surface area contributed by atoms with Crippen molar-refractivity contribution in [1.82, 2.24) is 15.1 Å². The molecule has 4 rings (SSSR count). The molecule has 0 spiro atoms. The lowest BCUT2D eigenvalue weighted by Crippen LogP contribution is -2.44. The lowest BCUT2D eigenvalue weighted by atomic mass is 10.1. The van der Waals surface area contributed by atoms with Gasteiger partial charge in [-0.25, -0.2) is 14.3 Å². The van der Waals surface area contributed by atoms with Gasteiger partial charge in [0.15, 0.2) is 12.3 Å². The van der Waals surface area contributed by atoms with E-state index in [-0.39, 0.29) is 12.1 Å². The number of methoxy groups -OCH3 is 1. The normalized spacial score (nSPS) is 13.1. The SMILES string of the molecule is COC(=O)C(Cc1ccccc1)NC(=O)COC(=O)c1nn(-c2ccccc2)c2c1CCC2. The number of nitrogens with one attached hydrogen (secondary N) is 1. The van der Waals surface area contributed by atoms with Crippen LogP contribution in [0.4, 0.5) is 0 Å². The summed E-state index contributed by atoms with van der Waals surface area (Å²) >= 11 is 0. The molecule has 1 atom stereocenters. The molecule has 1 heterocycles. The Morgan fingerprint density at radius 3 is 2.42 bits per heavy atom. The van der Waals surface area contributed by atoms with Crippen molar-refractivity contribution >= 4 is 17.8 Å². The van der Waals surface area contributed by atoms with Crippen LogP contribution in [0.3, 0.4) is 0 Å². The Bertz CT molecular complexity index is 1140. The summed E-state index contributed by atoms with van der Waals surface area (Å²) in [4.78, 5) is 37.3. The first-order chi connectivity index (χ1) is 16.1. The van der Waals surface area contributed by atoms with Gasteiger partial charge < -0.3 is 14.8 Å². The highest BCUT2D eigenvalue weighted by atomic mass is 16.5. The van der Waals surface area contributed by atoms with Gasteiger partial charge in [-0.1, -0.05) is 48.5 Å². The van der Waals surface area contributed by atoms with Crippen molar-refractivity contribution in [3.05, 3.63) is 83.2 Å². The molecular weight excluding hydrogens is 422 g/mol. The average Bonchev–Trinajstić information content (AvgIpc) is 3.46. The van der Waals surface area contributed by atoms with Crippen LogP contribution in [0.2, 0.25) is 0 Å². The molecule has 0 saturated carbocycles. The maximum atomic E-state index is 12.8. The molecule has 8 nitrogen and oxygen atoms in total. The Kier molecular flexibility index (Phi) is 6.83. The van der Waals surface area contributed by atoms with E-state index in [4.69, 9.17) is 9.47 Å². The zero-order chi connectivity index (χ0) is 23.2. The van der Waals surface area contributed by atoms with E-state index in [1.54, 1.807) is 4.68 Å². The van der Waals surface area contributed by atoms with Gasteiger partial charge in [0.25, 0.3) is 5.91 Å². The maximum Gasteiger partial charge on any atom is 0.359 e. The lowest BCUT2D eigenvalue weighted by molar-refractivity contribution is -0.145. The number of fused-ring (bicyclic) bond motifs is 1. The average molecular weight is 447 g/mol. The van der Waals surface area contributed by atoms with Crippen LogP contribution in [-0.4, -0.2) is 47.4 Å². The first-order valence-corrected chi connectivity index (χ1v) is 10.8. The Balaban J connectivity index is 1.41. The Hall–Kier alpha value is -3.94. The smallest absolute Gasteiger partial charge is 0.359 e. The minimum atomic E-state index is -0.884. The third-order valence-electron chi connectivity index (χ3n) is 5.56. The Morgan fingerprint density at radius 1 is 1.03 bits per heavy atom. The van der Waals surface area contributed by atoms with E-state index in [2.05, 4.69) is 10.4 Å². The number of hydrogen-bond acceptors (Lipinski definition) is 6. The highest BCUT2D eigenvalue weighted by Gasteiger charge is 2.29. The number of hydrogen-bond donors (Lipinski definition) is 1. The van der Waals surface area contributed by atoms with Crippen molar-refractivity contribution in [3.8, 4) is 5.69 Å². The van der Waals surface area contributed by atoms with E-state index in [1.807, 2.05) is 60.7 Å². The topological polar surface area (TPSA) is 99.5 Å². The van der Waals surface area contributed by atoms with Gasteiger partial charge in [-0.15, -0.1) is 0 Å². The number of nitrogens with zero attached hydrogens (tertiary/aromatic N) is 2. The van der Waals surface area contributed by atoms with Crippen molar-refractivity contribution in [2.24, 2.45) is 0 Å². The molecule has 2 aromatic carbocycles. The summed E-state index contributed by atoms with van der Waals surface area (Å²) in [5, 5.41) is 7.06. The first kappa shape index (κ1) is 22.3. The number of aromatic nitrogens is 2. The van der Waals surface area contributed by atoms with Gasteiger partial charge in [0.05, 0.1) is 12.8 Å². The zero-order valence-corrected chi connectivity index (χ0v) is 18.3. The molecule has 170 valence electrons. The van der Waals surface area contributed by atoms with Crippen LogP contribution in [-0.2, 0) is 38.3 Å². The second-order valence-electron chi connectivity index (χ2n) is 7.78. The number of carbonyl (C=O) groups excluding carboxylic acids is 3. The molecule has 0 saturated heterocycles. The van der Waals surface area contributed by atoms with Crippen LogP contribution in [0.25, 0.3) is 5.69 Å². The van der Waals surface area contributed by atoms with Gasteiger partial charge in [0.1, 0.15) is 6.04 Å². The Morgan fingerprint density at radius 2 is 1.73 bits per heavy atom. The molecule has 0 fully saturated rings. The Labute approximate surface area is 191 Å². The van der Waals surface area contributed by atoms with Crippen molar-refractivity contribution < 1.29 is 23.9 Å². The lowest BCUT2D eigenvalue weighted by Gasteiger charge is -2.16. The fourth-order valence-corrected chi connectivity index (χ4v) is 4.00. The summed E-state index contributed by atoms with van der Waals surface area (Å²) in [7, 11) is 1.26. The van der Waals surface area contributed by atoms with E-state index in [0.717, 1.165) is 41.8 Å². The van der Waals surface area contributed by atoms with Crippen LogP contribution >= 0.6 is 0 Å². The van der Waals surface area contributed by atoms with Crippen LogP contribution in [0.1, 0.15) is 33.7 Å². The van der Waals surface area contributed by atoms with E-state index in [9.17, 15) is 14.4 Å². The second kappa shape index (κ2) is 10.1. The summed E-state index contributed by atoms with van der Waals surface area (Å²) in [5.74, 6) is -1.82. The molecule has 1 aromatic heterocycles. The van der Waals surface area contributed by atoms with Gasteiger partial charge in [-0.05, 0) is 37.0 Å². The summed E-state index contributed by atoms with van der Waals surface area (Å²) in [5.41, 5.74) is 3.82. The first-order valence-electron chi connectivity index (χ1n) is 10.8. The van der Waals surface area contributed by atoms with E-state index >= 15 is 0 Å². The van der Waals surface area contributed by atoms with E-state index in [1.165, 1.54) is 7.11 Å². The van der Waals surface area contributed by atoms with Crippen molar-refractivity contribution in [2.75, 3.05) is 13.7 Å². The molecule has 1 unspecified atom stereocenters. The maximum absolute atomic E-state index is 12.8. The van der Waals surface area contributed by atoms with Crippen LogP contribution in [0.5, 0.6) is 0 Å². The number of para-hydroxylation sites is 1. The molecule has 1 aliphatic rings. The number of benzene rings is 2. The van der Waals surface area contributed by atoms with Crippen LogP contribution < -0.4 is 5.32 Å². The fourth-order valence-electron chi connectivity index (χ4n) is 4.00. The number of amides is 1. The van der Waals surface area contributed by atoms with Crippen molar-refractivity contribution in [1.29, 1.82) is 0 Å². The summed E-state index contributed by atoms with van der Waals surface area (Å²) in [6.07, 6.45) is 2.76. The summed E-state index contributed by atoms with van der Waals surface area (Å²) in [6, 6.07) is 18.0. The van der Waals surface area contributed by atoms with Crippen LogP contribution in [0.15, 0.2) is 60.7 Å². The predicted octanol–water partition coefficient (Wildman–Crippen LogP) is 2.42. The standard InChI is InChI=1S/C25H25N3O5/c1-32-24(30)20(15-17-9-4-2-5-10-17)26-22(29)16-33-25(31)23-19-13-8-14-21(19)28(27-23)18-11-6-3-7-12-18/h2-7,9-12,20H,8,13-16H2,1H3,(H,26,29). The minimum Gasteiger partial charge on any atom is -0.467 e. The molecule has 1 N–H and O–H groups in total. The monoisotopic (exact) mass is 447 g/mol. The zero-order valence-electron chi connectivity index (χ0n) is 18.3. The van der Waals surface area contributed by atoms with Gasteiger partial charge in [0, 0.05) is 17.7 Å². The second-order valence-corrected chi connectivity index (χ2v) is 7.78. The third-order valence-corrected chi connectivity index (χ3v) is 5.56. The van der Waals surface area contributed by atoms with Crippen LogP contribution in [0, 0.1) is 0 Å². The van der Waals surface area contributed by atoms with Crippen molar-refractivity contribution in [2.45, 2.75) is 31.7 Å². The predicted molar refractivity (Wildman–Crippen MR) is 120 cm³/mol. The molecule has 1 amide bonds. The highest BCUT2D eigenvalue weighted by molar-refractivity contribution is 5.92. The summed E-state index contributed by atoms with van der Waals surface area (Å²) < 4.78 is 11.8. The third kappa shape index (κ3) is 5.11. The number of esters is 2. The molecule has 0 aliphatic heterocycles. The fraction of sp³-hybridized carbons (Fsp3) is 0.280. The van der Waals surface area contributed by atoms with Gasteiger partial charge in [-0.2, -0.15) is 5.10 Å². The number of carbonyl (C=O) groups is 3. The largest absolute Gasteiger partial charge is 0.467 e. The van der Waals surface area contributed by atoms with E-state index < -0.39 is 30.5 Å². The number of rotatable bonds is 8. The minimum absolute atomic E-state index is 0.230. The summed E-state index contributed by atoms with van der Waals surface area (Å²) in [6.45, 7) is -0.520. The molecule has 0 radical (unpaired) electrons. The van der Waals surface area contributed by atoms with Gasteiger partial charge in [-0.3, -0.25) is 4.79 Å². The highest BCUT2D eigenvalue weighted by Crippen LogP contribution is 2.28. The molecule has 33 heavy (non-hydrogen) atoms. The molecule has 0 bridgehead atoms. The molecule has 8 heteroatoms. The molecule has 3 aromatic rings. The molecule has 1 aliphatic carbocycles. The van der Waals surface area contributed by atoms with Gasteiger partial charge >= 0.3 is 11.9 Å². The van der Waals surface area contributed by atoms with Gasteiger partial charge in [0.2, 0.25) is 0 Å². The number of ether oxygens (including phenoxy) is 2. The van der Waals surface area contributed by atoms with E-state index in [0.29, 0.717) is 0 Å².